The number of hydrogen-bond acceptors (Lipinski definition) is 2. The Labute approximate surface area is 108 Å². The lowest BCUT2D eigenvalue weighted by atomic mass is 10.1. The minimum Gasteiger partial charge on any atom is -0.373 e. The van der Waals surface area contributed by atoms with Crippen LogP contribution in [0.3, 0.4) is 0 Å². The van der Waals surface area contributed by atoms with Gasteiger partial charge >= 0.3 is 0 Å². The van der Waals surface area contributed by atoms with Crippen molar-refractivity contribution in [3.8, 4) is 0 Å². The summed E-state index contributed by atoms with van der Waals surface area (Å²) in [4.78, 5) is 12.1. The van der Waals surface area contributed by atoms with E-state index in [1.54, 1.807) is 0 Å². The van der Waals surface area contributed by atoms with E-state index < -0.39 is 0 Å². The average molecular weight is 244 g/mol. The van der Waals surface area contributed by atoms with Crippen molar-refractivity contribution >= 4 is 11.6 Å². The van der Waals surface area contributed by atoms with Crippen LogP contribution in [0.25, 0.3) is 0 Å². The van der Waals surface area contributed by atoms with E-state index in [0.29, 0.717) is 11.3 Å². The molecule has 1 heterocycles. The fourth-order valence-corrected chi connectivity index (χ4v) is 2.73. The van der Waals surface area contributed by atoms with Gasteiger partial charge in [0, 0.05) is 18.7 Å². The molecular weight excluding hydrogens is 224 g/mol. The molecular formula is C15H20N2O. The summed E-state index contributed by atoms with van der Waals surface area (Å²) in [6, 6.07) is 8.04. The van der Waals surface area contributed by atoms with Crippen LogP contribution in [-0.4, -0.2) is 18.5 Å². The smallest absolute Gasteiger partial charge is 0.242 e. The Morgan fingerprint density at radius 1 is 1.44 bits per heavy atom. The molecule has 1 saturated carbocycles. The van der Waals surface area contributed by atoms with Gasteiger partial charge in [0.2, 0.25) is 5.91 Å². The van der Waals surface area contributed by atoms with Gasteiger partial charge in [-0.3, -0.25) is 4.79 Å². The predicted octanol–water partition coefficient (Wildman–Crippen LogP) is 2.19. The molecule has 1 aromatic carbocycles. The molecule has 18 heavy (non-hydrogen) atoms. The Kier molecular flexibility index (Phi) is 2.58. The first-order valence-corrected chi connectivity index (χ1v) is 6.68. The Bertz CT molecular complexity index is 456. The fourth-order valence-electron chi connectivity index (χ4n) is 2.73. The number of fused-ring (bicyclic) bond motifs is 1. The summed E-state index contributed by atoms with van der Waals surface area (Å²) in [5, 5.41) is 6.36. The maximum atomic E-state index is 12.1. The molecule has 1 amide bonds. The molecule has 0 spiro atoms. The average Bonchev–Trinajstić information content (AvgIpc) is 2.77. The second-order valence-corrected chi connectivity index (χ2v) is 6.19. The van der Waals surface area contributed by atoms with E-state index in [2.05, 4.69) is 30.5 Å². The van der Waals surface area contributed by atoms with Crippen molar-refractivity contribution in [3.05, 3.63) is 29.8 Å². The molecule has 3 nitrogen and oxygen atoms in total. The Balaban J connectivity index is 1.53. The Hall–Kier alpha value is -1.51. The monoisotopic (exact) mass is 244 g/mol. The molecule has 1 aromatic rings. The van der Waals surface area contributed by atoms with Crippen LogP contribution < -0.4 is 10.6 Å². The third-order valence-electron chi connectivity index (χ3n) is 4.33. The van der Waals surface area contributed by atoms with Crippen LogP contribution in [0.4, 0.5) is 5.69 Å². The highest BCUT2D eigenvalue weighted by atomic mass is 16.2. The molecule has 1 fully saturated rings. The van der Waals surface area contributed by atoms with E-state index in [0.717, 1.165) is 18.7 Å². The van der Waals surface area contributed by atoms with Gasteiger partial charge in [-0.05, 0) is 29.4 Å². The summed E-state index contributed by atoms with van der Waals surface area (Å²) in [5.41, 5.74) is 2.77. The number of rotatable bonds is 3. The summed E-state index contributed by atoms with van der Waals surface area (Å²) in [6.45, 7) is 5.33. The first kappa shape index (κ1) is 11.6. The molecule has 0 aromatic heterocycles. The topological polar surface area (TPSA) is 41.1 Å². The highest BCUT2D eigenvalue weighted by Gasteiger charge is 2.45. The quantitative estimate of drug-likeness (QED) is 0.855. The number of benzene rings is 1. The number of nitrogens with one attached hydrogen (secondary N) is 2. The largest absolute Gasteiger partial charge is 0.373 e. The second kappa shape index (κ2) is 4.01. The second-order valence-electron chi connectivity index (χ2n) is 6.19. The molecule has 2 aliphatic rings. The minimum atomic E-state index is -0.0933. The standard InChI is InChI=1S/C15H20N2O/c1-15(2)8-11(15)9-16-14(18)13-7-10-5-3-4-6-12(10)17-13/h3-6,11,13,17H,7-9H2,1-2H3,(H,16,18). The molecule has 96 valence electrons. The summed E-state index contributed by atoms with van der Waals surface area (Å²) in [7, 11) is 0. The first-order valence-electron chi connectivity index (χ1n) is 6.68. The number of carbonyl (C=O) groups excluding carboxylic acids is 1. The zero-order valence-electron chi connectivity index (χ0n) is 11.0. The van der Waals surface area contributed by atoms with Gasteiger partial charge in [0.05, 0.1) is 0 Å². The van der Waals surface area contributed by atoms with E-state index in [4.69, 9.17) is 0 Å². The molecule has 3 heteroatoms. The SMILES string of the molecule is CC1(C)CC1CNC(=O)C1Cc2ccccc2N1. The van der Waals surface area contributed by atoms with Crippen LogP contribution in [0.15, 0.2) is 24.3 Å². The van der Waals surface area contributed by atoms with Crippen LogP contribution in [0.1, 0.15) is 25.8 Å². The van der Waals surface area contributed by atoms with Gasteiger partial charge in [-0.1, -0.05) is 32.0 Å². The molecule has 1 aliphatic heterocycles. The lowest BCUT2D eigenvalue weighted by molar-refractivity contribution is -0.121. The van der Waals surface area contributed by atoms with Crippen molar-refractivity contribution < 1.29 is 4.79 Å². The third-order valence-corrected chi connectivity index (χ3v) is 4.33. The highest BCUT2D eigenvalue weighted by Crippen LogP contribution is 2.50. The summed E-state index contributed by atoms with van der Waals surface area (Å²) in [5.74, 6) is 0.791. The van der Waals surface area contributed by atoms with Gasteiger partial charge in [-0.25, -0.2) is 0 Å². The van der Waals surface area contributed by atoms with Crippen molar-refractivity contribution in [2.75, 3.05) is 11.9 Å². The zero-order chi connectivity index (χ0) is 12.8. The molecule has 2 unspecified atom stereocenters. The third kappa shape index (κ3) is 2.09. The van der Waals surface area contributed by atoms with Crippen LogP contribution in [0.5, 0.6) is 0 Å². The molecule has 2 atom stereocenters. The van der Waals surface area contributed by atoms with Crippen molar-refractivity contribution in [1.29, 1.82) is 0 Å². The first-order chi connectivity index (χ1) is 8.56. The molecule has 0 saturated heterocycles. The van der Waals surface area contributed by atoms with Gasteiger partial charge in [0.15, 0.2) is 0 Å². The summed E-state index contributed by atoms with van der Waals surface area (Å²) < 4.78 is 0. The molecule has 1 aliphatic carbocycles. The van der Waals surface area contributed by atoms with Gasteiger partial charge < -0.3 is 10.6 Å². The number of carbonyl (C=O) groups is 1. The summed E-state index contributed by atoms with van der Waals surface area (Å²) in [6.07, 6.45) is 2.03. The van der Waals surface area contributed by atoms with Crippen molar-refractivity contribution in [1.82, 2.24) is 5.32 Å². The van der Waals surface area contributed by atoms with E-state index in [-0.39, 0.29) is 11.9 Å². The van der Waals surface area contributed by atoms with E-state index in [1.807, 2.05) is 18.2 Å². The molecule has 0 radical (unpaired) electrons. The van der Waals surface area contributed by atoms with E-state index in [1.165, 1.54) is 12.0 Å². The van der Waals surface area contributed by atoms with Crippen molar-refractivity contribution in [2.24, 2.45) is 11.3 Å². The Morgan fingerprint density at radius 3 is 2.83 bits per heavy atom. The van der Waals surface area contributed by atoms with Gasteiger partial charge in [0.1, 0.15) is 6.04 Å². The number of hydrogen-bond donors (Lipinski definition) is 2. The lowest BCUT2D eigenvalue weighted by Crippen LogP contribution is -2.39. The van der Waals surface area contributed by atoms with Crippen molar-refractivity contribution in [3.63, 3.8) is 0 Å². The number of amides is 1. The van der Waals surface area contributed by atoms with Crippen LogP contribution in [0, 0.1) is 11.3 Å². The molecule has 2 N–H and O–H groups in total. The highest BCUT2D eigenvalue weighted by molar-refractivity contribution is 5.87. The zero-order valence-corrected chi connectivity index (χ0v) is 11.0. The Morgan fingerprint density at radius 2 is 2.17 bits per heavy atom. The van der Waals surface area contributed by atoms with Crippen LogP contribution in [-0.2, 0) is 11.2 Å². The number of para-hydroxylation sites is 1. The summed E-state index contributed by atoms with van der Waals surface area (Å²) >= 11 is 0. The normalized spacial score (nSPS) is 27.2. The van der Waals surface area contributed by atoms with Crippen LogP contribution in [0.2, 0.25) is 0 Å². The van der Waals surface area contributed by atoms with Gasteiger partial charge in [-0.2, -0.15) is 0 Å². The maximum Gasteiger partial charge on any atom is 0.242 e. The maximum absolute atomic E-state index is 12.1. The number of anilines is 1. The fraction of sp³-hybridized carbons (Fsp3) is 0.533. The van der Waals surface area contributed by atoms with Crippen LogP contribution >= 0.6 is 0 Å². The molecule has 0 bridgehead atoms. The van der Waals surface area contributed by atoms with Gasteiger partial charge in [-0.15, -0.1) is 0 Å². The van der Waals surface area contributed by atoms with Crippen molar-refractivity contribution in [2.45, 2.75) is 32.7 Å². The molecule has 3 rings (SSSR count). The van der Waals surface area contributed by atoms with Gasteiger partial charge in [0.25, 0.3) is 0 Å². The van der Waals surface area contributed by atoms with E-state index in [9.17, 15) is 4.79 Å². The van der Waals surface area contributed by atoms with E-state index >= 15 is 0 Å². The predicted molar refractivity (Wildman–Crippen MR) is 72.5 cm³/mol. The minimum absolute atomic E-state index is 0.0933. The lowest BCUT2D eigenvalue weighted by Gasteiger charge is -2.12.